The maximum Gasteiger partial charge on any atom is 0.208 e. The first-order chi connectivity index (χ1) is 12.1. The van der Waals surface area contributed by atoms with E-state index in [1.165, 1.54) is 0 Å². The second kappa shape index (κ2) is 4.61. The van der Waals surface area contributed by atoms with Crippen molar-refractivity contribution >= 4 is 5.78 Å². The molecule has 4 aliphatic carbocycles. The maximum atomic E-state index is 13.3. The van der Waals surface area contributed by atoms with Crippen molar-refractivity contribution in [1.29, 1.82) is 0 Å². The highest BCUT2D eigenvalue weighted by Crippen LogP contribution is 2.76. The van der Waals surface area contributed by atoms with Gasteiger partial charge in [0, 0.05) is 17.3 Å². The molecule has 0 aromatic heterocycles. The van der Waals surface area contributed by atoms with Gasteiger partial charge in [0.1, 0.15) is 11.5 Å². The molecule has 2 aliphatic heterocycles. The molecule has 4 bridgehead atoms. The number of carbonyl (C=O) groups excluding carboxylic acids is 1. The number of ketones is 1. The molecule has 4 saturated carbocycles. The highest BCUT2D eigenvalue weighted by molar-refractivity contribution is 6.05. The molecule has 6 aliphatic rings. The molecule has 2 heterocycles. The van der Waals surface area contributed by atoms with Crippen LogP contribution in [-0.2, 0) is 9.53 Å². The number of ether oxygens (including phenoxy) is 1. The first-order valence-corrected chi connectivity index (χ1v) is 9.71. The summed E-state index contributed by atoms with van der Waals surface area (Å²) in [4.78, 5) is 13.3. The summed E-state index contributed by atoms with van der Waals surface area (Å²) in [6, 6.07) is 0. The van der Waals surface area contributed by atoms with E-state index < -0.39 is 58.5 Å². The van der Waals surface area contributed by atoms with Gasteiger partial charge in [-0.25, -0.2) is 0 Å². The van der Waals surface area contributed by atoms with Gasteiger partial charge in [-0.3, -0.25) is 4.79 Å². The highest BCUT2D eigenvalue weighted by Gasteiger charge is 2.86. The molecule has 6 nitrogen and oxygen atoms in total. The molecule has 4 unspecified atom stereocenters. The van der Waals surface area contributed by atoms with E-state index in [-0.39, 0.29) is 12.0 Å². The number of fused-ring (bicyclic) bond motifs is 2. The van der Waals surface area contributed by atoms with Gasteiger partial charge in [-0.05, 0) is 42.6 Å². The van der Waals surface area contributed by atoms with Gasteiger partial charge < -0.3 is 25.2 Å². The first kappa shape index (κ1) is 17.3. The molecule has 2 saturated heterocycles. The number of aliphatic hydroxyl groups is 4. The zero-order valence-electron chi connectivity index (χ0n) is 15.3. The first-order valence-electron chi connectivity index (χ1n) is 9.71. The third-order valence-electron chi connectivity index (χ3n) is 8.88. The summed E-state index contributed by atoms with van der Waals surface area (Å²) in [6.07, 6.45) is -0.747. The van der Waals surface area contributed by atoms with Crippen LogP contribution in [0.15, 0.2) is 12.2 Å². The Morgan fingerprint density at radius 3 is 2.50 bits per heavy atom. The SMILES string of the molecule is C=C1C(=O)C23[C@@H](CCC1[C@@H]2O)[C@@]12COC3(O)C(O)[C@@H]1C(C)(C)CC[C@@H]2O. The van der Waals surface area contributed by atoms with E-state index in [0.717, 1.165) is 6.42 Å². The van der Waals surface area contributed by atoms with Crippen molar-refractivity contribution in [2.75, 3.05) is 6.61 Å². The molecule has 144 valence electrons. The van der Waals surface area contributed by atoms with E-state index in [4.69, 9.17) is 4.74 Å². The Morgan fingerprint density at radius 2 is 1.81 bits per heavy atom. The van der Waals surface area contributed by atoms with E-state index in [0.29, 0.717) is 24.8 Å². The van der Waals surface area contributed by atoms with Gasteiger partial charge in [0.2, 0.25) is 5.79 Å². The normalized spacial score (nSPS) is 59.9. The minimum absolute atomic E-state index is 0.0966. The fourth-order valence-corrected chi connectivity index (χ4v) is 7.90. The van der Waals surface area contributed by atoms with Crippen molar-refractivity contribution in [3.8, 4) is 0 Å². The van der Waals surface area contributed by atoms with E-state index in [9.17, 15) is 25.2 Å². The summed E-state index contributed by atoms with van der Waals surface area (Å²) in [5.74, 6) is -3.80. The van der Waals surface area contributed by atoms with Crippen molar-refractivity contribution in [2.45, 2.75) is 63.6 Å². The number of aliphatic hydroxyl groups excluding tert-OH is 3. The van der Waals surface area contributed by atoms with Crippen LogP contribution in [0.4, 0.5) is 0 Å². The maximum absolute atomic E-state index is 13.3. The monoisotopic (exact) mass is 364 g/mol. The standard InChI is InChI=1S/C20H28O6/c1-9-10-4-5-11-18-8-26-20(25,19(11,14(9)22)15(10)23)16(24)13(18)17(2,3)7-6-12(18)21/h10-13,15-16,21,23-25H,1,4-8H2,2-3H3/t10?,11-,12-,13+,15-,16?,18+,19?,20?/m0/s1. The van der Waals surface area contributed by atoms with Gasteiger partial charge in [0.25, 0.3) is 0 Å². The largest absolute Gasteiger partial charge is 0.392 e. The van der Waals surface area contributed by atoms with Crippen molar-refractivity contribution in [2.24, 2.45) is 34.0 Å². The third-order valence-corrected chi connectivity index (χ3v) is 8.88. The lowest BCUT2D eigenvalue weighted by Gasteiger charge is -2.74. The third kappa shape index (κ3) is 1.41. The predicted molar refractivity (Wildman–Crippen MR) is 90.7 cm³/mol. The fraction of sp³-hybridized carbons (Fsp3) is 0.850. The fourth-order valence-electron chi connectivity index (χ4n) is 7.90. The van der Waals surface area contributed by atoms with Gasteiger partial charge in [-0.1, -0.05) is 20.4 Å². The summed E-state index contributed by atoms with van der Waals surface area (Å²) in [6.45, 7) is 8.07. The minimum Gasteiger partial charge on any atom is -0.392 e. The number of carbonyl (C=O) groups is 1. The molecule has 9 atom stereocenters. The zero-order valence-corrected chi connectivity index (χ0v) is 15.3. The Hall–Kier alpha value is -0.790. The second-order valence-electron chi connectivity index (χ2n) is 9.97. The molecule has 4 N–H and O–H groups in total. The van der Waals surface area contributed by atoms with E-state index in [1.54, 1.807) is 0 Å². The lowest BCUT2D eigenvalue weighted by molar-refractivity contribution is -0.458. The van der Waals surface area contributed by atoms with Crippen molar-refractivity contribution in [1.82, 2.24) is 0 Å². The molecular weight excluding hydrogens is 336 g/mol. The average molecular weight is 364 g/mol. The van der Waals surface area contributed by atoms with Crippen LogP contribution < -0.4 is 0 Å². The highest BCUT2D eigenvalue weighted by atomic mass is 16.6. The van der Waals surface area contributed by atoms with E-state index >= 15 is 0 Å². The number of rotatable bonds is 0. The summed E-state index contributed by atoms with van der Waals surface area (Å²) in [7, 11) is 0. The van der Waals surface area contributed by atoms with Crippen LogP contribution in [0, 0.1) is 34.0 Å². The van der Waals surface area contributed by atoms with Gasteiger partial charge in [0.15, 0.2) is 5.78 Å². The number of hydrogen-bond donors (Lipinski definition) is 4. The summed E-state index contributed by atoms with van der Waals surface area (Å²) in [5, 5.41) is 45.1. The molecule has 0 aromatic rings. The molecule has 0 aromatic carbocycles. The van der Waals surface area contributed by atoms with Crippen LogP contribution in [0.5, 0.6) is 0 Å². The van der Waals surface area contributed by atoms with Crippen LogP contribution in [0.3, 0.4) is 0 Å². The Balaban J connectivity index is 1.81. The Bertz CT molecular complexity index is 717. The zero-order chi connectivity index (χ0) is 18.9. The molecule has 2 spiro atoms. The minimum atomic E-state index is -2.15. The molecule has 0 amide bonds. The van der Waals surface area contributed by atoms with E-state index in [1.807, 2.05) is 13.8 Å². The van der Waals surface area contributed by atoms with E-state index in [2.05, 4.69) is 6.58 Å². The summed E-state index contributed by atoms with van der Waals surface area (Å²) >= 11 is 0. The molecule has 0 radical (unpaired) electrons. The smallest absolute Gasteiger partial charge is 0.208 e. The number of Topliss-reactive ketones (excluding diaryl/α,β-unsaturated/α-hetero) is 1. The van der Waals surface area contributed by atoms with Crippen LogP contribution in [-0.4, -0.2) is 56.9 Å². The topological polar surface area (TPSA) is 107 Å². The quantitative estimate of drug-likeness (QED) is 0.463. The van der Waals surface area contributed by atoms with Crippen molar-refractivity contribution in [3.63, 3.8) is 0 Å². The summed E-state index contributed by atoms with van der Waals surface area (Å²) < 4.78 is 5.80. The van der Waals surface area contributed by atoms with Crippen LogP contribution in [0.25, 0.3) is 0 Å². The van der Waals surface area contributed by atoms with Crippen LogP contribution in [0.1, 0.15) is 39.5 Å². The van der Waals surface area contributed by atoms with Gasteiger partial charge >= 0.3 is 0 Å². The molecule has 26 heavy (non-hydrogen) atoms. The second-order valence-corrected chi connectivity index (χ2v) is 9.97. The molecule has 6 rings (SSSR count). The Labute approximate surface area is 152 Å². The predicted octanol–water partition coefficient (Wildman–Crippen LogP) is 0.376. The Kier molecular flexibility index (Phi) is 3.07. The molecular formula is C20H28O6. The van der Waals surface area contributed by atoms with Gasteiger partial charge in [-0.2, -0.15) is 0 Å². The van der Waals surface area contributed by atoms with Crippen LogP contribution >= 0.6 is 0 Å². The summed E-state index contributed by atoms with van der Waals surface area (Å²) in [5.41, 5.74) is -2.49. The number of hydrogen-bond acceptors (Lipinski definition) is 6. The van der Waals surface area contributed by atoms with Crippen molar-refractivity contribution in [3.05, 3.63) is 12.2 Å². The van der Waals surface area contributed by atoms with Gasteiger partial charge in [-0.15, -0.1) is 0 Å². The van der Waals surface area contributed by atoms with Gasteiger partial charge in [0.05, 0.1) is 18.8 Å². The van der Waals surface area contributed by atoms with Crippen LogP contribution in [0.2, 0.25) is 0 Å². The Morgan fingerprint density at radius 1 is 1.12 bits per heavy atom. The molecule has 6 heteroatoms. The van der Waals surface area contributed by atoms with Crippen molar-refractivity contribution < 1.29 is 30.0 Å². The lowest BCUT2D eigenvalue weighted by atomic mass is 9.35. The molecule has 6 fully saturated rings. The lowest BCUT2D eigenvalue weighted by Crippen LogP contribution is -2.85. The average Bonchev–Trinajstić information content (AvgIpc) is 2.69.